The van der Waals surface area contributed by atoms with Gasteiger partial charge in [-0.2, -0.15) is 0 Å². The Hall–Kier alpha value is -8.60. The van der Waals surface area contributed by atoms with Gasteiger partial charge in [-0.3, -0.25) is 4.57 Å². The molecule has 0 N–H and O–H groups in total. The van der Waals surface area contributed by atoms with Gasteiger partial charge in [0.2, 0.25) is 5.95 Å². The third-order valence-corrected chi connectivity index (χ3v) is 13.5. The predicted molar refractivity (Wildman–Crippen MR) is 269 cm³/mol. The van der Waals surface area contributed by atoms with Crippen molar-refractivity contribution >= 4 is 97.6 Å². The quantitative estimate of drug-likeness (QED) is 0.166. The van der Waals surface area contributed by atoms with Crippen molar-refractivity contribution in [2.24, 2.45) is 0 Å². The Bertz CT molecular complexity index is 4220. The third-order valence-electron chi connectivity index (χ3n) is 13.5. The van der Waals surface area contributed by atoms with E-state index in [1.54, 1.807) is 0 Å². The van der Waals surface area contributed by atoms with Gasteiger partial charge in [0.05, 0.1) is 33.3 Å². The summed E-state index contributed by atoms with van der Waals surface area (Å²) in [4.78, 5) is 10.6. The van der Waals surface area contributed by atoms with E-state index >= 15 is 0 Å². The molecule has 4 nitrogen and oxygen atoms in total. The largest absolute Gasteiger partial charge is 0.309 e. The number of hydrogen-bond donors (Lipinski definition) is 0. The van der Waals surface area contributed by atoms with Crippen LogP contribution < -0.4 is 0 Å². The van der Waals surface area contributed by atoms with E-state index in [2.05, 4.69) is 221 Å². The van der Waals surface area contributed by atoms with Gasteiger partial charge in [0.25, 0.3) is 0 Å². The van der Waals surface area contributed by atoms with Crippen LogP contribution in [0.25, 0.3) is 132 Å². The molecule has 11 aromatic carbocycles. The fourth-order valence-electron chi connectivity index (χ4n) is 10.6. The highest BCUT2D eigenvalue weighted by Crippen LogP contribution is 2.42. The number of para-hydroxylation sites is 2. The summed E-state index contributed by atoms with van der Waals surface area (Å²) in [5.41, 5.74) is 10.9. The maximum absolute atomic E-state index is 5.36. The van der Waals surface area contributed by atoms with E-state index in [9.17, 15) is 0 Å². The molecule has 3 aromatic heterocycles. The second-order valence-corrected chi connectivity index (χ2v) is 16.9. The first-order valence-corrected chi connectivity index (χ1v) is 21.9. The van der Waals surface area contributed by atoms with Crippen LogP contribution >= 0.6 is 0 Å². The van der Waals surface area contributed by atoms with Crippen molar-refractivity contribution in [3.63, 3.8) is 0 Å². The van der Waals surface area contributed by atoms with E-state index in [1.807, 2.05) is 6.07 Å². The zero-order valence-corrected chi connectivity index (χ0v) is 34.6. The zero-order chi connectivity index (χ0) is 41.9. The van der Waals surface area contributed by atoms with Crippen LogP contribution in [0.4, 0.5) is 0 Å². The Labute approximate surface area is 367 Å². The molecule has 0 atom stereocenters. The average molecular weight is 813 g/mol. The van der Waals surface area contributed by atoms with Crippen molar-refractivity contribution in [3.8, 4) is 34.0 Å². The third kappa shape index (κ3) is 5.05. The molecule has 0 aliphatic heterocycles. The lowest BCUT2D eigenvalue weighted by atomic mass is 9.94. The molecule has 4 heteroatoms. The Balaban J connectivity index is 0.980. The lowest BCUT2D eigenvalue weighted by Crippen LogP contribution is -2.03. The fraction of sp³-hybridized carbons (Fsp3) is 0. The maximum Gasteiger partial charge on any atom is 0.235 e. The summed E-state index contributed by atoms with van der Waals surface area (Å²) in [5, 5.41) is 15.9. The maximum atomic E-state index is 5.36. The molecule has 0 radical (unpaired) electrons. The van der Waals surface area contributed by atoms with Crippen LogP contribution in [-0.4, -0.2) is 19.1 Å². The standard InChI is InChI=1S/C60H36N4/c1-2-15-38(16-3-1)59-49-23-10-12-24-53(49)61-60(62-59)64-56-32-28-40(35-52(56)58-42-17-5-4-14-37(42)26-33-57(58)64)39-27-31-55-51(34-39)48-22-11-13-25-54(48)63(55)41-29-30-47-45-20-7-6-18-43(45)44-19-8-9-21-46(44)50(47)36-41/h1-36H. The van der Waals surface area contributed by atoms with Gasteiger partial charge in [0.1, 0.15) is 0 Å². The van der Waals surface area contributed by atoms with E-state index in [0.717, 1.165) is 44.4 Å². The highest BCUT2D eigenvalue weighted by Gasteiger charge is 2.21. The second kappa shape index (κ2) is 13.4. The van der Waals surface area contributed by atoms with Crippen LogP contribution in [0.1, 0.15) is 0 Å². The van der Waals surface area contributed by atoms with E-state index in [0.29, 0.717) is 5.95 Å². The first kappa shape index (κ1) is 35.0. The summed E-state index contributed by atoms with van der Waals surface area (Å²) in [6.45, 7) is 0. The first-order chi connectivity index (χ1) is 31.7. The van der Waals surface area contributed by atoms with E-state index in [1.165, 1.54) is 81.2 Å². The topological polar surface area (TPSA) is 35.6 Å². The number of aromatic nitrogens is 4. The summed E-state index contributed by atoms with van der Waals surface area (Å²) >= 11 is 0. The first-order valence-electron chi connectivity index (χ1n) is 21.9. The molecule has 0 saturated carbocycles. The number of benzene rings is 11. The van der Waals surface area contributed by atoms with Crippen LogP contribution in [0.15, 0.2) is 218 Å². The van der Waals surface area contributed by atoms with Crippen molar-refractivity contribution in [2.75, 3.05) is 0 Å². The smallest absolute Gasteiger partial charge is 0.235 e. The SMILES string of the molecule is c1ccc(-c2nc(-n3c4ccc(-c5ccc6c(c5)c5ccccc5n6-c5ccc6c7ccccc7c7ccccc7c6c5)cc4c4c5ccccc5ccc43)nc3ccccc23)cc1. The second-order valence-electron chi connectivity index (χ2n) is 16.9. The molecule has 3 heterocycles. The van der Waals surface area contributed by atoms with E-state index < -0.39 is 0 Å². The van der Waals surface area contributed by atoms with Crippen molar-refractivity contribution in [3.05, 3.63) is 218 Å². The van der Waals surface area contributed by atoms with Gasteiger partial charge in [-0.25, -0.2) is 9.97 Å². The highest BCUT2D eigenvalue weighted by molar-refractivity contribution is 6.26. The molecule has 0 unspecified atom stereocenters. The van der Waals surface area contributed by atoms with Crippen molar-refractivity contribution < 1.29 is 0 Å². The zero-order valence-electron chi connectivity index (χ0n) is 34.6. The van der Waals surface area contributed by atoms with Crippen LogP contribution in [0, 0.1) is 0 Å². The lowest BCUT2D eigenvalue weighted by molar-refractivity contribution is 1.01. The molecule has 0 saturated heterocycles. The summed E-state index contributed by atoms with van der Waals surface area (Å²) in [6, 6.07) is 79.2. The van der Waals surface area contributed by atoms with Crippen LogP contribution in [0.5, 0.6) is 0 Å². The Morgan fingerprint density at radius 1 is 0.281 bits per heavy atom. The van der Waals surface area contributed by atoms with Gasteiger partial charge in [-0.15, -0.1) is 0 Å². The molecule has 0 bridgehead atoms. The number of nitrogens with zero attached hydrogens (tertiary/aromatic N) is 4. The molecule has 64 heavy (non-hydrogen) atoms. The monoisotopic (exact) mass is 812 g/mol. The molecule has 296 valence electrons. The summed E-state index contributed by atoms with van der Waals surface area (Å²) in [6.07, 6.45) is 0. The van der Waals surface area contributed by atoms with Crippen molar-refractivity contribution in [2.45, 2.75) is 0 Å². The molecule has 14 aromatic rings. The van der Waals surface area contributed by atoms with Gasteiger partial charge >= 0.3 is 0 Å². The molecule has 0 fully saturated rings. The average Bonchev–Trinajstić information content (AvgIpc) is 3.89. The van der Waals surface area contributed by atoms with Crippen LogP contribution in [0.2, 0.25) is 0 Å². The van der Waals surface area contributed by atoms with E-state index in [-0.39, 0.29) is 0 Å². The predicted octanol–water partition coefficient (Wildman–Crippen LogP) is 15.8. The Morgan fingerprint density at radius 3 is 1.58 bits per heavy atom. The Morgan fingerprint density at radius 2 is 0.828 bits per heavy atom. The fourth-order valence-corrected chi connectivity index (χ4v) is 10.6. The molecule has 0 aliphatic rings. The van der Waals surface area contributed by atoms with Gasteiger partial charge in [0.15, 0.2) is 0 Å². The molecule has 0 amide bonds. The van der Waals surface area contributed by atoms with Crippen LogP contribution in [-0.2, 0) is 0 Å². The highest BCUT2D eigenvalue weighted by atomic mass is 15.2. The van der Waals surface area contributed by atoms with Crippen molar-refractivity contribution in [1.29, 1.82) is 0 Å². The van der Waals surface area contributed by atoms with Gasteiger partial charge in [0, 0.05) is 38.2 Å². The van der Waals surface area contributed by atoms with Gasteiger partial charge in [-0.1, -0.05) is 164 Å². The van der Waals surface area contributed by atoms with Gasteiger partial charge in [-0.05, 0) is 109 Å². The molecular formula is C60H36N4. The minimum Gasteiger partial charge on any atom is -0.309 e. The number of hydrogen-bond acceptors (Lipinski definition) is 2. The van der Waals surface area contributed by atoms with Gasteiger partial charge < -0.3 is 4.57 Å². The molecule has 14 rings (SSSR count). The number of fused-ring (bicyclic) bond motifs is 15. The summed E-state index contributed by atoms with van der Waals surface area (Å²) in [7, 11) is 0. The Kier molecular flexibility index (Phi) is 7.36. The van der Waals surface area contributed by atoms with Crippen molar-refractivity contribution in [1.82, 2.24) is 19.1 Å². The molecular weight excluding hydrogens is 777 g/mol. The summed E-state index contributed by atoms with van der Waals surface area (Å²) in [5.74, 6) is 0.657. The molecule has 0 spiro atoms. The minimum absolute atomic E-state index is 0.657. The summed E-state index contributed by atoms with van der Waals surface area (Å²) < 4.78 is 4.69. The normalized spacial score (nSPS) is 12.1. The molecule has 0 aliphatic carbocycles. The lowest BCUT2D eigenvalue weighted by Gasteiger charge is -2.14. The van der Waals surface area contributed by atoms with E-state index in [4.69, 9.17) is 9.97 Å². The number of rotatable bonds is 4. The van der Waals surface area contributed by atoms with Crippen LogP contribution in [0.3, 0.4) is 0 Å². The minimum atomic E-state index is 0.657.